The van der Waals surface area contributed by atoms with Crippen molar-refractivity contribution in [2.45, 2.75) is 31.7 Å². The Labute approximate surface area is 173 Å². The number of nitriles is 1. The average molecular weight is 412 g/mol. The van der Waals surface area contributed by atoms with Crippen molar-refractivity contribution in [3.05, 3.63) is 71.3 Å². The first-order chi connectivity index (χ1) is 14.3. The van der Waals surface area contributed by atoms with Crippen LogP contribution in [0.15, 0.2) is 54.6 Å². The van der Waals surface area contributed by atoms with Gasteiger partial charge < -0.3 is 14.8 Å². The van der Waals surface area contributed by atoms with Gasteiger partial charge >= 0.3 is 11.9 Å². The van der Waals surface area contributed by atoms with E-state index in [1.54, 1.807) is 49.4 Å². The summed E-state index contributed by atoms with van der Waals surface area (Å²) in [5.41, 5.74) is -1.69. The van der Waals surface area contributed by atoms with E-state index in [-0.39, 0.29) is 12.2 Å². The molecule has 2 atom stereocenters. The predicted octanol–water partition coefficient (Wildman–Crippen LogP) is 2.47. The minimum Gasteiger partial charge on any atom is -0.467 e. The lowest BCUT2D eigenvalue weighted by Gasteiger charge is -2.21. The molecule has 0 fully saturated rings. The van der Waals surface area contributed by atoms with Gasteiger partial charge in [0.1, 0.15) is 18.7 Å². The van der Waals surface area contributed by atoms with Crippen molar-refractivity contribution in [2.24, 2.45) is 0 Å². The fourth-order valence-electron chi connectivity index (χ4n) is 2.59. The number of benzene rings is 2. The van der Waals surface area contributed by atoms with Crippen LogP contribution in [0.4, 0.5) is 4.39 Å². The smallest absolute Gasteiger partial charge is 0.328 e. The summed E-state index contributed by atoms with van der Waals surface area (Å²) in [5, 5.41) is 11.4. The highest BCUT2D eigenvalue weighted by molar-refractivity contribution is 5.94. The van der Waals surface area contributed by atoms with Gasteiger partial charge in [-0.25, -0.2) is 9.18 Å². The lowest BCUT2D eigenvalue weighted by Crippen LogP contribution is -2.49. The Morgan fingerprint density at radius 2 is 1.77 bits per heavy atom. The largest absolute Gasteiger partial charge is 0.467 e. The lowest BCUT2D eigenvalue weighted by atomic mass is 9.95. The summed E-state index contributed by atoms with van der Waals surface area (Å²) in [6.07, 6.45) is -0.583. The van der Waals surface area contributed by atoms with Crippen LogP contribution in [-0.2, 0) is 36.1 Å². The van der Waals surface area contributed by atoms with Gasteiger partial charge in [0.2, 0.25) is 0 Å². The van der Waals surface area contributed by atoms with E-state index in [1.165, 1.54) is 18.2 Å². The fraction of sp³-hybridized carbons (Fsp3) is 0.273. The molecule has 0 unspecified atom stereocenters. The number of ether oxygens (including phenoxy) is 2. The van der Waals surface area contributed by atoms with Crippen LogP contribution in [0.5, 0.6) is 0 Å². The van der Waals surface area contributed by atoms with Crippen LogP contribution in [0, 0.1) is 18.3 Å². The van der Waals surface area contributed by atoms with Crippen molar-refractivity contribution >= 4 is 17.8 Å². The molecule has 0 aliphatic carbocycles. The van der Waals surface area contributed by atoms with E-state index in [0.29, 0.717) is 0 Å². The van der Waals surface area contributed by atoms with E-state index in [2.05, 4.69) is 10.1 Å². The summed E-state index contributed by atoms with van der Waals surface area (Å²) < 4.78 is 24.8. The maximum absolute atomic E-state index is 15.2. The molecule has 1 amide bonds. The van der Waals surface area contributed by atoms with Gasteiger partial charge in [-0.05, 0) is 12.5 Å². The number of rotatable bonds is 8. The molecule has 2 aromatic carbocycles. The summed E-state index contributed by atoms with van der Waals surface area (Å²) in [6.45, 7) is 1.74. The standard InChI is InChI=1S/C22H21FN2O5/c1-15-8-10-17(11-9-15)22(23,14-24)21(28)25-18(20(27)29-2)12-19(26)30-13-16-6-4-3-5-7-16/h3-11,18H,12-13H2,1-2H3,(H,25,28)/t18-,22+/m0/s1. The monoisotopic (exact) mass is 412 g/mol. The van der Waals surface area contributed by atoms with Gasteiger partial charge in [-0.1, -0.05) is 60.2 Å². The first kappa shape index (κ1) is 22.6. The zero-order chi connectivity index (χ0) is 22.1. The van der Waals surface area contributed by atoms with Crippen LogP contribution in [-0.4, -0.2) is 31.0 Å². The number of nitrogens with one attached hydrogen (secondary N) is 1. The average Bonchev–Trinajstić information content (AvgIpc) is 2.77. The first-order valence-electron chi connectivity index (χ1n) is 9.05. The third-order valence-corrected chi connectivity index (χ3v) is 4.32. The summed E-state index contributed by atoms with van der Waals surface area (Å²) in [6, 6.07) is 14.4. The van der Waals surface area contributed by atoms with Crippen LogP contribution in [0.25, 0.3) is 0 Å². The maximum atomic E-state index is 15.2. The van der Waals surface area contributed by atoms with Gasteiger partial charge in [-0.2, -0.15) is 5.26 Å². The number of alkyl halides is 1. The van der Waals surface area contributed by atoms with Crippen molar-refractivity contribution < 1.29 is 28.2 Å². The number of halogens is 1. The van der Waals surface area contributed by atoms with E-state index in [9.17, 15) is 19.6 Å². The Morgan fingerprint density at radius 1 is 1.13 bits per heavy atom. The molecule has 0 aromatic heterocycles. The molecule has 0 heterocycles. The number of esters is 2. The molecule has 7 nitrogen and oxygen atoms in total. The summed E-state index contributed by atoms with van der Waals surface area (Å²) in [7, 11) is 1.06. The predicted molar refractivity (Wildman–Crippen MR) is 104 cm³/mol. The zero-order valence-electron chi connectivity index (χ0n) is 16.6. The van der Waals surface area contributed by atoms with Gasteiger partial charge in [0.25, 0.3) is 11.6 Å². The molecular formula is C22H21FN2O5. The second-order valence-corrected chi connectivity index (χ2v) is 6.54. The highest BCUT2D eigenvalue weighted by Crippen LogP contribution is 2.26. The number of methoxy groups -OCH3 is 1. The number of aryl methyl sites for hydroxylation is 1. The lowest BCUT2D eigenvalue weighted by molar-refractivity contribution is -0.153. The van der Waals surface area contributed by atoms with Crippen molar-refractivity contribution in [1.29, 1.82) is 5.26 Å². The Hall–Kier alpha value is -3.73. The molecule has 30 heavy (non-hydrogen) atoms. The highest BCUT2D eigenvalue weighted by atomic mass is 19.1. The molecule has 8 heteroatoms. The maximum Gasteiger partial charge on any atom is 0.328 e. The van der Waals surface area contributed by atoms with Crippen LogP contribution in [0.3, 0.4) is 0 Å². The molecule has 2 aromatic rings. The molecule has 0 spiro atoms. The SMILES string of the molecule is COC(=O)[C@H](CC(=O)OCc1ccccc1)NC(=O)[C@@](F)(C#N)c1ccc(C)cc1. The fourth-order valence-corrected chi connectivity index (χ4v) is 2.59. The van der Waals surface area contributed by atoms with Gasteiger partial charge in [-0.3, -0.25) is 9.59 Å². The topological polar surface area (TPSA) is 105 Å². The Kier molecular flexibility index (Phi) is 7.64. The highest BCUT2D eigenvalue weighted by Gasteiger charge is 2.43. The quantitative estimate of drug-likeness (QED) is 0.668. The minimum absolute atomic E-state index is 0.0316. The molecule has 0 saturated carbocycles. The molecular weight excluding hydrogens is 391 g/mol. The Morgan fingerprint density at radius 3 is 2.33 bits per heavy atom. The molecule has 0 bridgehead atoms. The number of nitrogens with zero attached hydrogens (tertiary/aromatic N) is 1. The number of hydrogen-bond acceptors (Lipinski definition) is 6. The normalized spacial score (nSPS) is 13.3. The number of carbonyl (C=O) groups is 3. The van der Waals surface area contributed by atoms with E-state index in [4.69, 9.17) is 4.74 Å². The summed E-state index contributed by atoms with van der Waals surface area (Å²) in [4.78, 5) is 36.6. The molecule has 0 saturated heterocycles. The summed E-state index contributed by atoms with van der Waals surface area (Å²) in [5.74, 6) is -3.14. The Balaban J connectivity index is 2.09. The second kappa shape index (κ2) is 10.2. The van der Waals surface area contributed by atoms with Crippen molar-refractivity contribution in [3.63, 3.8) is 0 Å². The molecule has 1 N–H and O–H groups in total. The van der Waals surface area contributed by atoms with Crippen molar-refractivity contribution in [2.75, 3.05) is 7.11 Å². The Bertz CT molecular complexity index is 940. The molecule has 0 aliphatic rings. The third kappa shape index (κ3) is 5.64. The minimum atomic E-state index is -3.05. The molecule has 0 radical (unpaired) electrons. The first-order valence-corrected chi connectivity index (χ1v) is 9.05. The van der Waals surface area contributed by atoms with Crippen LogP contribution in [0.1, 0.15) is 23.1 Å². The van der Waals surface area contributed by atoms with Gasteiger partial charge in [0.15, 0.2) is 0 Å². The number of hydrogen-bond donors (Lipinski definition) is 1. The van der Waals surface area contributed by atoms with Gasteiger partial charge in [0.05, 0.1) is 13.5 Å². The number of amides is 1. The summed E-state index contributed by atoms with van der Waals surface area (Å²) >= 11 is 0. The van der Waals surface area contributed by atoms with E-state index < -0.39 is 36.0 Å². The zero-order valence-corrected chi connectivity index (χ0v) is 16.6. The van der Waals surface area contributed by atoms with E-state index >= 15 is 4.39 Å². The van der Waals surface area contributed by atoms with Crippen molar-refractivity contribution in [3.8, 4) is 6.07 Å². The van der Waals surface area contributed by atoms with E-state index in [0.717, 1.165) is 18.2 Å². The second-order valence-electron chi connectivity index (χ2n) is 6.54. The number of carbonyl (C=O) groups excluding carboxylic acids is 3. The molecule has 156 valence electrons. The van der Waals surface area contributed by atoms with Gasteiger partial charge in [-0.15, -0.1) is 0 Å². The van der Waals surface area contributed by atoms with E-state index in [1.807, 2.05) is 0 Å². The molecule has 2 rings (SSSR count). The van der Waals surface area contributed by atoms with Crippen LogP contribution in [0.2, 0.25) is 0 Å². The van der Waals surface area contributed by atoms with Gasteiger partial charge in [0, 0.05) is 5.56 Å². The van der Waals surface area contributed by atoms with Crippen LogP contribution < -0.4 is 5.32 Å². The third-order valence-electron chi connectivity index (χ3n) is 4.32. The molecule has 0 aliphatic heterocycles. The van der Waals surface area contributed by atoms with Crippen molar-refractivity contribution in [1.82, 2.24) is 5.32 Å². The van der Waals surface area contributed by atoms with Crippen LogP contribution >= 0.6 is 0 Å².